The molecule has 0 aliphatic carbocycles. The summed E-state index contributed by atoms with van der Waals surface area (Å²) in [6, 6.07) is 26.4. The number of Topliss-reactive ketones (excluding diaryl/α,β-unsaturated/α-hetero) is 1. The lowest BCUT2D eigenvalue weighted by Gasteiger charge is -2.12. The number of thiocarbonyl (C=S) groups is 1. The topological polar surface area (TPSA) is 55.4 Å². The van der Waals surface area contributed by atoms with E-state index in [1.54, 1.807) is 7.11 Å². The summed E-state index contributed by atoms with van der Waals surface area (Å²) in [5.74, 6) is 0.489. The number of nitrogens with one attached hydrogen (secondary N) is 1. The van der Waals surface area contributed by atoms with Crippen LogP contribution in [0.5, 0.6) is 5.75 Å². The van der Waals surface area contributed by atoms with Crippen molar-refractivity contribution in [2.75, 3.05) is 7.11 Å². The molecule has 1 fully saturated rings. The molecule has 33 heavy (non-hydrogen) atoms. The zero-order chi connectivity index (χ0) is 23.2. The number of ketones is 1. The monoisotopic (exact) mass is 471 g/mol. The lowest BCUT2D eigenvalue weighted by atomic mass is 9.93. The van der Waals surface area contributed by atoms with Crippen molar-refractivity contribution in [3.05, 3.63) is 113 Å². The molecule has 4 rings (SSSR count). The highest BCUT2D eigenvalue weighted by Crippen LogP contribution is 2.35. The molecule has 0 unspecified atom stereocenters. The van der Waals surface area contributed by atoms with Gasteiger partial charge in [-0.25, -0.2) is 0 Å². The van der Waals surface area contributed by atoms with Crippen LogP contribution in [0.2, 0.25) is 0 Å². The molecule has 6 heteroatoms. The molecule has 1 aliphatic rings. The highest BCUT2D eigenvalue weighted by atomic mass is 32.2. The molecule has 0 radical (unpaired) electrons. The van der Waals surface area contributed by atoms with E-state index in [2.05, 4.69) is 5.32 Å². The SMILES string of the molecule is COc1ccc(/C(=C/C(=C2/SC(=S)NC2=O)c2ccccc2)CC(=O)c2ccccc2)cc1. The molecule has 0 spiro atoms. The Morgan fingerprint density at radius 1 is 0.909 bits per heavy atom. The molecule has 0 bridgehead atoms. The Morgan fingerprint density at radius 2 is 1.52 bits per heavy atom. The van der Waals surface area contributed by atoms with Gasteiger partial charge in [0.05, 0.1) is 12.0 Å². The zero-order valence-corrected chi connectivity index (χ0v) is 19.5. The average molecular weight is 472 g/mol. The summed E-state index contributed by atoms with van der Waals surface area (Å²) in [6.07, 6.45) is 2.10. The van der Waals surface area contributed by atoms with E-state index in [1.807, 2.05) is 91.0 Å². The molecule has 1 amide bonds. The zero-order valence-electron chi connectivity index (χ0n) is 17.9. The molecule has 0 atom stereocenters. The fraction of sp³-hybridized carbons (Fsp3) is 0.0741. The Kier molecular flexibility index (Phi) is 7.17. The van der Waals surface area contributed by atoms with Gasteiger partial charge < -0.3 is 10.1 Å². The molecule has 0 saturated carbocycles. The average Bonchev–Trinajstić information content (AvgIpc) is 3.20. The van der Waals surface area contributed by atoms with E-state index in [1.165, 1.54) is 11.8 Å². The molecule has 3 aromatic rings. The molecular formula is C27H21NO3S2. The van der Waals surface area contributed by atoms with Crippen molar-refractivity contribution in [2.24, 2.45) is 0 Å². The van der Waals surface area contributed by atoms with Crippen molar-refractivity contribution in [1.82, 2.24) is 5.32 Å². The van der Waals surface area contributed by atoms with Gasteiger partial charge in [0.15, 0.2) is 5.78 Å². The van der Waals surface area contributed by atoms with E-state index in [0.717, 1.165) is 28.0 Å². The molecule has 1 N–H and O–H groups in total. The largest absolute Gasteiger partial charge is 0.497 e. The lowest BCUT2D eigenvalue weighted by Crippen LogP contribution is -2.18. The Bertz CT molecular complexity index is 1250. The van der Waals surface area contributed by atoms with Gasteiger partial charge in [-0.2, -0.15) is 0 Å². The summed E-state index contributed by atoms with van der Waals surface area (Å²) in [5, 5.41) is 2.70. The highest BCUT2D eigenvalue weighted by molar-refractivity contribution is 8.26. The van der Waals surface area contributed by atoms with Gasteiger partial charge in [0.2, 0.25) is 0 Å². The Balaban J connectivity index is 1.85. The normalized spacial score (nSPS) is 15.2. The van der Waals surface area contributed by atoms with Crippen molar-refractivity contribution in [3.63, 3.8) is 0 Å². The Hall–Kier alpha value is -3.48. The molecular weight excluding hydrogens is 450 g/mol. The van der Waals surface area contributed by atoms with Crippen LogP contribution in [0.3, 0.4) is 0 Å². The van der Waals surface area contributed by atoms with E-state index in [-0.39, 0.29) is 18.1 Å². The third-order valence-electron chi connectivity index (χ3n) is 5.17. The van der Waals surface area contributed by atoms with Gasteiger partial charge in [0.1, 0.15) is 10.1 Å². The van der Waals surface area contributed by atoms with Gasteiger partial charge in [-0.1, -0.05) is 96.8 Å². The smallest absolute Gasteiger partial charge is 0.264 e. The summed E-state index contributed by atoms with van der Waals surface area (Å²) in [4.78, 5) is 26.3. The summed E-state index contributed by atoms with van der Waals surface area (Å²) >= 11 is 6.46. The first-order chi connectivity index (χ1) is 16.0. The van der Waals surface area contributed by atoms with Crippen molar-refractivity contribution in [2.45, 2.75) is 6.42 Å². The number of methoxy groups -OCH3 is 1. The number of carbonyl (C=O) groups excluding carboxylic acids is 2. The fourth-order valence-corrected chi connectivity index (χ4v) is 4.61. The molecule has 3 aromatic carbocycles. The first-order valence-electron chi connectivity index (χ1n) is 10.3. The minimum Gasteiger partial charge on any atom is -0.497 e. The van der Waals surface area contributed by atoms with Crippen LogP contribution in [0.25, 0.3) is 11.1 Å². The van der Waals surface area contributed by atoms with Gasteiger partial charge in [0.25, 0.3) is 5.91 Å². The number of amides is 1. The maximum absolute atomic E-state index is 13.1. The second kappa shape index (κ2) is 10.4. The minimum absolute atomic E-state index is 0.00544. The lowest BCUT2D eigenvalue weighted by molar-refractivity contribution is -0.115. The van der Waals surface area contributed by atoms with Crippen LogP contribution in [0.4, 0.5) is 0 Å². The standard InChI is InChI=1S/C27H21NO3S2/c1-31-22-14-12-18(13-15-22)21(17-24(29)20-10-6-3-7-11-20)16-23(19-8-4-2-5-9-19)25-26(30)28-27(32)33-25/h2-16H,17H2,1H3,(H,28,30,32)/b21-16+,25-23-. The van der Waals surface area contributed by atoms with Crippen molar-refractivity contribution >= 4 is 51.1 Å². The predicted molar refractivity (Wildman–Crippen MR) is 138 cm³/mol. The van der Waals surface area contributed by atoms with Crippen molar-refractivity contribution in [3.8, 4) is 5.75 Å². The third kappa shape index (κ3) is 5.48. The minimum atomic E-state index is -0.233. The fourth-order valence-electron chi connectivity index (χ4n) is 3.50. The van der Waals surface area contributed by atoms with Crippen LogP contribution in [0.1, 0.15) is 27.9 Å². The van der Waals surface area contributed by atoms with Gasteiger partial charge in [-0.3, -0.25) is 9.59 Å². The first-order valence-corrected chi connectivity index (χ1v) is 11.5. The number of hydrogen-bond donors (Lipinski definition) is 1. The highest BCUT2D eigenvalue weighted by Gasteiger charge is 2.26. The first kappa shape index (κ1) is 22.7. The number of hydrogen-bond acceptors (Lipinski definition) is 5. The maximum Gasteiger partial charge on any atom is 0.264 e. The van der Waals surface area contributed by atoms with Crippen LogP contribution in [0.15, 0.2) is 95.9 Å². The molecule has 1 heterocycles. The van der Waals surface area contributed by atoms with E-state index in [0.29, 0.717) is 14.8 Å². The van der Waals surface area contributed by atoms with Crippen LogP contribution >= 0.6 is 24.0 Å². The molecule has 1 saturated heterocycles. The molecule has 4 nitrogen and oxygen atoms in total. The number of ether oxygens (including phenoxy) is 1. The summed E-state index contributed by atoms with van der Waals surface area (Å²) in [6.45, 7) is 0. The van der Waals surface area contributed by atoms with Crippen molar-refractivity contribution in [1.29, 1.82) is 0 Å². The predicted octanol–water partition coefficient (Wildman–Crippen LogP) is 5.91. The number of carbonyl (C=O) groups is 2. The van der Waals surface area contributed by atoms with Crippen LogP contribution in [0, 0.1) is 0 Å². The van der Waals surface area contributed by atoms with Crippen LogP contribution < -0.4 is 10.1 Å². The van der Waals surface area contributed by atoms with E-state index < -0.39 is 0 Å². The number of benzene rings is 3. The van der Waals surface area contributed by atoms with Gasteiger partial charge in [-0.15, -0.1) is 0 Å². The van der Waals surface area contributed by atoms with Crippen LogP contribution in [-0.4, -0.2) is 23.1 Å². The van der Waals surface area contributed by atoms with Crippen molar-refractivity contribution < 1.29 is 14.3 Å². The maximum atomic E-state index is 13.1. The van der Waals surface area contributed by atoms with E-state index >= 15 is 0 Å². The van der Waals surface area contributed by atoms with Gasteiger partial charge in [0, 0.05) is 17.6 Å². The van der Waals surface area contributed by atoms with Gasteiger partial charge in [-0.05, 0) is 34.9 Å². The second-order valence-electron chi connectivity index (χ2n) is 7.32. The van der Waals surface area contributed by atoms with E-state index in [4.69, 9.17) is 17.0 Å². The summed E-state index contributed by atoms with van der Waals surface area (Å²) in [7, 11) is 1.61. The molecule has 1 aliphatic heterocycles. The second-order valence-corrected chi connectivity index (χ2v) is 9.00. The quantitative estimate of drug-likeness (QED) is 0.264. The van der Waals surface area contributed by atoms with Crippen LogP contribution in [-0.2, 0) is 4.79 Å². The number of thioether (sulfide) groups is 1. The number of allylic oxidation sites excluding steroid dienone is 3. The third-order valence-corrected chi connectivity index (χ3v) is 6.42. The Labute approximate surface area is 202 Å². The molecule has 164 valence electrons. The Morgan fingerprint density at radius 3 is 2.06 bits per heavy atom. The molecule has 0 aromatic heterocycles. The number of rotatable bonds is 7. The summed E-state index contributed by atoms with van der Waals surface area (Å²) in [5.41, 5.74) is 3.91. The summed E-state index contributed by atoms with van der Waals surface area (Å²) < 4.78 is 5.71. The van der Waals surface area contributed by atoms with Gasteiger partial charge >= 0.3 is 0 Å². The van der Waals surface area contributed by atoms with E-state index in [9.17, 15) is 9.59 Å².